The van der Waals surface area contributed by atoms with Crippen molar-refractivity contribution in [1.82, 2.24) is 20.4 Å². The Balaban J connectivity index is 0.850. The molecule has 4 amide bonds. The van der Waals surface area contributed by atoms with Crippen molar-refractivity contribution in [3.05, 3.63) is 148 Å². The highest BCUT2D eigenvalue weighted by Gasteiger charge is 2.44. The summed E-state index contributed by atoms with van der Waals surface area (Å²) in [5.41, 5.74) is 8.41. The van der Waals surface area contributed by atoms with Crippen LogP contribution in [0, 0.1) is 12.3 Å². The van der Waals surface area contributed by atoms with Crippen LogP contribution in [-0.2, 0) is 39.9 Å². The Morgan fingerprint density at radius 3 is 2.01 bits per heavy atom. The summed E-state index contributed by atoms with van der Waals surface area (Å²) in [5.74, 6) is -0.796. The van der Waals surface area contributed by atoms with Crippen LogP contribution < -0.4 is 15.4 Å². The molecule has 70 heavy (non-hydrogen) atoms. The van der Waals surface area contributed by atoms with Crippen LogP contribution in [0.1, 0.15) is 68.4 Å². The first-order valence-corrected chi connectivity index (χ1v) is 24.8. The number of nitrogens with one attached hydrogen (secondary N) is 2. The largest absolute Gasteiger partial charge is 0.492 e. The van der Waals surface area contributed by atoms with E-state index in [0.29, 0.717) is 18.9 Å². The van der Waals surface area contributed by atoms with Gasteiger partial charge in [-0.1, -0.05) is 125 Å². The molecular formula is C56H68N4O9S. The third-order valence-electron chi connectivity index (χ3n) is 12.1. The van der Waals surface area contributed by atoms with Gasteiger partial charge in [0, 0.05) is 31.4 Å². The van der Waals surface area contributed by atoms with Crippen LogP contribution in [0.3, 0.4) is 0 Å². The van der Waals surface area contributed by atoms with Crippen molar-refractivity contribution in [2.45, 2.75) is 72.2 Å². The summed E-state index contributed by atoms with van der Waals surface area (Å²) in [6.07, 6.45) is 0.0950. The number of nitrogens with zero attached hydrogens (tertiary/aromatic N) is 2. The molecule has 0 spiro atoms. The number of likely N-dealkylation sites (tertiary alicyclic amines) is 1. The molecule has 0 unspecified atom stereocenters. The number of aryl methyl sites for hydroxylation is 1. The lowest BCUT2D eigenvalue weighted by Gasteiger charge is -2.35. The minimum absolute atomic E-state index is 0.0208. The predicted molar refractivity (Wildman–Crippen MR) is 275 cm³/mol. The molecule has 14 heteroatoms. The highest BCUT2D eigenvalue weighted by atomic mass is 32.1. The van der Waals surface area contributed by atoms with E-state index >= 15 is 0 Å². The molecule has 1 fully saturated rings. The quantitative estimate of drug-likeness (QED) is 0.0415. The molecular weight excluding hydrogens is 905 g/mol. The molecule has 2 heterocycles. The molecule has 4 aromatic carbocycles. The van der Waals surface area contributed by atoms with E-state index in [-0.39, 0.29) is 71.0 Å². The maximum absolute atomic E-state index is 14.0. The number of ether oxygens (including phenoxy) is 4. The van der Waals surface area contributed by atoms with E-state index in [4.69, 9.17) is 18.9 Å². The van der Waals surface area contributed by atoms with E-state index in [1.165, 1.54) is 32.1 Å². The van der Waals surface area contributed by atoms with Gasteiger partial charge in [-0.05, 0) is 86.9 Å². The van der Waals surface area contributed by atoms with Crippen LogP contribution in [-0.4, -0.2) is 123 Å². The SMILES string of the molecule is CC/C(=C(\c1ccccc1)c1ccc(OCCN(C)C(=O)COCCOCCOCC(=O)N[C@H](C(=O)N2C[C@H](O)C[C@H]2C(=O)NCc2ccc(-c3sccc3C)cc2)C(C)(C)C)cc1)c1ccccc1. The fraction of sp³-hybridized carbons (Fsp3) is 0.393. The second-order valence-corrected chi connectivity index (χ2v) is 19.4. The summed E-state index contributed by atoms with van der Waals surface area (Å²) in [4.78, 5) is 57.2. The summed E-state index contributed by atoms with van der Waals surface area (Å²) < 4.78 is 22.6. The Hall–Kier alpha value is -6.16. The molecule has 0 radical (unpaired) electrons. The van der Waals surface area contributed by atoms with Crippen LogP contribution in [0.4, 0.5) is 0 Å². The van der Waals surface area contributed by atoms with Crippen LogP contribution in [0.2, 0.25) is 0 Å². The minimum Gasteiger partial charge on any atom is -0.492 e. The van der Waals surface area contributed by atoms with Gasteiger partial charge in [0.05, 0.1) is 39.1 Å². The first-order chi connectivity index (χ1) is 33.7. The number of benzene rings is 4. The van der Waals surface area contributed by atoms with Crippen molar-refractivity contribution in [3.63, 3.8) is 0 Å². The molecule has 6 rings (SSSR count). The van der Waals surface area contributed by atoms with E-state index < -0.39 is 35.4 Å². The molecule has 3 atom stereocenters. The van der Waals surface area contributed by atoms with Crippen LogP contribution in [0.25, 0.3) is 21.6 Å². The molecule has 5 aromatic rings. The van der Waals surface area contributed by atoms with Gasteiger partial charge >= 0.3 is 0 Å². The predicted octanol–water partition coefficient (Wildman–Crippen LogP) is 7.79. The van der Waals surface area contributed by atoms with Gasteiger partial charge in [-0.2, -0.15) is 0 Å². The molecule has 13 nitrogen and oxygen atoms in total. The molecule has 1 aromatic heterocycles. The van der Waals surface area contributed by atoms with Crippen molar-refractivity contribution in [2.24, 2.45) is 5.41 Å². The number of hydrogen-bond acceptors (Lipinski definition) is 10. The van der Waals surface area contributed by atoms with Gasteiger partial charge in [0.15, 0.2) is 0 Å². The highest BCUT2D eigenvalue weighted by Crippen LogP contribution is 2.35. The van der Waals surface area contributed by atoms with E-state index in [1.807, 2.05) is 69.3 Å². The topological polar surface area (TPSA) is 156 Å². The summed E-state index contributed by atoms with van der Waals surface area (Å²) in [6.45, 7) is 10.9. The summed E-state index contributed by atoms with van der Waals surface area (Å²) in [6, 6.07) is 37.1. The summed E-state index contributed by atoms with van der Waals surface area (Å²) >= 11 is 1.68. The Bertz CT molecular complexity index is 2490. The first kappa shape index (κ1) is 53.2. The van der Waals surface area contributed by atoms with Gasteiger partial charge in [-0.15, -0.1) is 11.3 Å². The Morgan fingerprint density at radius 2 is 1.40 bits per heavy atom. The van der Waals surface area contributed by atoms with E-state index in [0.717, 1.165) is 28.7 Å². The number of hydrogen-bond donors (Lipinski definition) is 3. The molecule has 0 aliphatic carbocycles. The number of aliphatic hydroxyl groups is 1. The van der Waals surface area contributed by atoms with Crippen LogP contribution in [0.5, 0.6) is 5.75 Å². The maximum atomic E-state index is 14.0. The van der Waals surface area contributed by atoms with Crippen molar-refractivity contribution in [2.75, 3.05) is 66.4 Å². The third-order valence-corrected chi connectivity index (χ3v) is 13.2. The Labute approximate surface area is 416 Å². The number of rotatable bonds is 24. The normalized spacial score (nSPS) is 15.5. The van der Waals surface area contributed by atoms with Crippen LogP contribution in [0.15, 0.2) is 121 Å². The van der Waals surface area contributed by atoms with Crippen LogP contribution >= 0.6 is 11.3 Å². The van der Waals surface area contributed by atoms with Gasteiger partial charge in [0.25, 0.3) is 0 Å². The maximum Gasteiger partial charge on any atom is 0.248 e. The fourth-order valence-electron chi connectivity index (χ4n) is 8.27. The standard InChI is InChI=1S/C56H68N4O9S/c1-7-47(41-14-10-8-11-15-41)51(42-16-12-9-13-17-42)43-22-24-46(25-23-43)69-28-27-59(6)50(63)38-68-32-30-66-29-31-67-37-49(62)58-53(56(3,4)5)55(65)60-36-45(61)34-48(60)54(64)57-35-40-18-20-44(21-19-40)52-39(2)26-33-70-52/h8-26,33,45,48,53,61H,7,27-32,34-38H2,1-6H3,(H,57,64)(H,58,62)/b51-47-/t45-,48+,53-/m1/s1. The first-order valence-electron chi connectivity index (χ1n) is 24.0. The number of thiophene rings is 1. The van der Waals surface area contributed by atoms with Crippen molar-refractivity contribution < 1.29 is 43.2 Å². The molecule has 1 saturated heterocycles. The molecule has 0 saturated carbocycles. The lowest BCUT2D eigenvalue weighted by molar-refractivity contribution is -0.144. The molecule has 372 valence electrons. The van der Waals surface area contributed by atoms with Crippen molar-refractivity contribution in [3.8, 4) is 16.2 Å². The van der Waals surface area contributed by atoms with Gasteiger partial charge < -0.3 is 44.5 Å². The number of aliphatic hydroxyl groups excluding tert-OH is 1. The van der Waals surface area contributed by atoms with Gasteiger partial charge in [0.2, 0.25) is 23.6 Å². The molecule has 0 bridgehead atoms. The number of carbonyl (C=O) groups excluding carboxylic acids is 4. The number of carbonyl (C=O) groups is 4. The highest BCUT2D eigenvalue weighted by molar-refractivity contribution is 7.13. The minimum atomic E-state index is -0.977. The van der Waals surface area contributed by atoms with E-state index in [2.05, 4.69) is 96.6 Å². The zero-order valence-electron chi connectivity index (χ0n) is 41.3. The Morgan fingerprint density at radius 1 is 0.786 bits per heavy atom. The summed E-state index contributed by atoms with van der Waals surface area (Å²) in [7, 11) is 1.70. The van der Waals surface area contributed by atoms with Crippen molar-refractivity contribution in [1.29, 1.82) is 0 Å². The van der Waals surface area contributed by atoms with Gasteiger partial charge in [0.1, 0.15) is 37.7 Å². The fourth-order valence-corrected chi connectivity index (χ4v) is 9.21. The third kappa shape index (κ3) is 15.2. The average molecular weight is 973 g/mol. The number of amides is 4. The zero-order chi connectivity index (χ0) is 50.0. The lowest BCUT2D eigenvalue weighted by atomic mass is 9.85. The lowest BCUT2D eigenvalue weighted by Crippen LogP contribution is -2.58. The average Bonchev–Trinajstić information content (AvgIpc) is 3.98. The summed E-state index contributed by atoms with van der Waals surface area (Å²) in [5, 5.41) is 18.3. The van der Waals surface area contributed by atoms with E-state index in [1.54, 1.807) is 23.3 Å². The number of allylic oxidation sites excluding steroid dienone is 1. The molecule has 1 aliphatic rings. The van der Waals surface area contributed by atoms with Gasteiger partial charge in [-0.25, -0.2) is 0 Å². The Kier molecular flexibility index (Phi) is 19.9. The number of likely N-dealkylation sites (N-methyl/N-ethyl adjacent to an activating group) is 1. The second-order valence-electron chi connectivity index (χ2n) is 18.5. The van der Waals surface area contributed by atoms with E-state index in [9.17, 15) is 24.3 Å². The second kappa shape index (κ2) is 26.2. The monoisotopic (exact) mass is 972 g/mol. The smallest absolute Gasteiger partial charge is 0.248 e. The molecule has 3 N–H and O–H groups in total. The number of β-amino-alcohol motifs (C(OH)–C–C–N with tert-alkyl or cyclic N) is 1. The molecule has 1 aliphatic heterocycles. The zero-order valence-corrected chi connectivity index (χ0v) is 42.1. The van der Waals surface area contributed by atoms with Crippen molar-refractivity contribution >= 4 is 46.1 Å². The van der Waals surface area contributed by atoms with Gasteiger partial charge in [-0.3, -0.25) is 19.2 Å².